The van der Waals surface area contributed by atoms with E-state index in [0.29, 0.717) is 0 Å². The predicted molar refractivity (Wildman–Crippen MR) is 67.6 cm³/mol. The first-order valence-corrected chi connectivity index (χ1v) is 5.94. The van der Waals surface area contributed by atoms with E-state index in [1.807, 2.05) is 25.1 Å². The van der Waals surface area contributed by atoms with Crippen molar-refractivity contribution in [2.45, 2.75) is 13.3 Å². The third kappa shape index (κ3) is 2.97. The Labute approximate surface area is 101 Å². The Balaban J connectivity index is 2.15. The van der Waals surface area contributed by atoms with Gasteiger partial charge in [0.25, 0.3) is 0 Å². The van der Waals surface area contributed by atoms with E-state index in [1.165, 1.54) is 5.69 Å². The summed E-state index contributed by atoms with van der Waals surface area (Å²) >= 11 is 0. The van der Waals surface area contributed by atoms with Crippen LogP contribution in [0.4, 0.5) is 5.69 Å². The van der Waals surface area contributed by atoms with E-state index in [-0.39, 0.29) is 6.42 Å². The van der Waals surface area contributed by atoms with Gasteiger partial charge >= 0.3 is 5.97 Å². The van der Waals surface area contributed by atoms with Gasteiger partial charge in [-0.1, -0.05) is 12.1 Å². The molecular weight excluding hydrogens is 216 g/mol. The molecule has 0 atom stereocenters. The normalized spacial score (nSPS) is 15.9. The molecule has 1 fully saturated rings. The van der Waals surface area contributed by atoms with Gasteiger partial charge in [-0.05, 0) is 24.1 Å². The van der Waals surface area contributed by atoms with Crippen molar-refractivity contribution in [1.29, 1.82) is 0 Å². The number of aliphatic carboxylic acids is 1. The Morgan fingerprint density at radius 1 is 1.41 bits per heavy atom. The predicted octanol–water partition coefficient (Wildman–Crippen LogP) is 1.03. The maximum Gasteiger partial charge on any atom is 0.307 e. The van der Waals surface area contributed by atoms with Gasteiger partial charge in [0.1, 0.15) is 0 Å². The molecule has 1 aliphatic heterocycles. The molecule has 1 aromatic rings. The maximum absolute atomic E-state index is 10.6. The van der Waals surface area contributed by atoms with E-state index in [1.54, 1.807) is 0 Å². The Kier molecular flexibility index (Phi) is 3.64. The minimum atomic E-state index is -0.778. The number of carbonyl (C=O) groups is 1. The summed E-state index contributed by atoms with van der Waals surface area (Å²) in [7, 11) is 0. The monoisotopic (exact) mass is 234 g/mol. The van der Waals surface area contributed by atoms with Crippen molar-refractivity contribution < 1.29 is 9.90 Å². The number of rotatable bonds is 3. The van der Waals surface area contributed by atoms with E-state index in [4.69, 9.17) is 5.11 Å². The standard InChI is InChI=1S/C13H18N2O2/c1-10-8-11(9-13(16)17)2-3-12(10)15-6-4-14-5-7-15/h2-3,8,14H,4-7,9H2,1H3,(H,16,17). The number of benzene rings is 1. The Hall–Kier alpha value is -1.55. The topological polar surface area (TPSA) is 52.6 Å². The van der Waals surface area contributed by atoms with Crippen LogP contribution in [0.1, 0.15) is 11.1 Å². The van der Waals surface area contributed by atoms with E-state index in [9.17, 15) is 4.79 Å². The summed E-state index contributed by atoms with van der Waals surface area (Å²) in [6.07, 6.45) is 0.0999. The molecule has 0 saturated carbocycles. The lowest BCUT2D eigenvalue weighted by molar-refractivity contribution is -0.136. The van der Waals surface area contributed by atoms with Crippen LogP contribution < -0.4 is 10.2 Å². The SMILES string of the molecule is Cc1cc(CC(=O)O)ccc1N1CCNCC1. The third-order valence-corrected chi connectivity index (χ3v) is 3.07. The van der Waals surface area contributed by atoms with Crippen LogP contribution in [0.15, 0.2) is 18.2 Å². The highest BCUT2D eigenvalue weighted by molar-refractivity contribution is 5.71. The van der Waals surface area contributed by atoms with Crippen molar-refractivity contribution in [2.24, 2.45) is 0 Å². The third-order valence-electron chi connectivity index (χ3n) is 3.07. The van der Waals surface area contributed by atoms with Gasteiger partial charge in [-0.2, -0.15) is 0 Å². The zero-order chi connectivity index (χ0) is 12.3. The highest BCUT2D eigenvalue weighted by Crippen LogP contribution is 2.21. The first-order valence-electron chi connectivity index (χ1n) is 5.94. The molecule has 4 nitrogen and oxygen atoms in total. The molecule has 0 spiro atoms. The van der Waals surface area contributed by atoms with E-state index in [2.05, 4.69) is 10.2 Å². The lowest BCUT2D eigenvalue weighted by atomic mass is 10.1. The quantitative estimate of drug-likeness (QED) is 0.820. The van der Waals surface area contributed by atoms with Gasteiger partial charge in [-0.3, -0.25) is 4.79 Å². The fraction of sp³-hybridized carbons (Fsp3) is 0.462. The largest absolute Gasteiger partial charge is 0.481 e. The van der Waals surface area contributed by atoms with E-state index in [0.717, 1.165) is 37.3 Å². The van der Waals surface area contributed by atoms with Crippen LogP contribution in [0, 0.1) is 6.92 Å². The van der Waals surface area contributed by atoms with Gasteiger partial charge in [0.05, 0.1) is 6.42 Å². The molecule has 0 aromatic heterocycles. The van der Waals surface area contributed by atoms with Crippen molar-refractivity contribution in [3.63, 3.8) is 0 Å². The molecule has 0 radical (unpaired) electrons. The highest BCUT2D eigenvalue weighted by Gasteiger charge is 2.13. The van der Waals surface area contributed by atoms with Crippen LogP contribution in [-0.2, 0) is 11.2 Å². The van der Waals surface area contributed by atoms with Gasteiger partial charge in [-0.25, -0.2) is 0 Å². The van der Waals surface area contributed by atoms with Gasteiger partial charge in [-0.15, -0.1) is 0 Å². The molecule has 1 saturated heterocycles. The summed E-state index contributed by atoms with van der Waals surface area (Å²) in [6, 6.07) is 5.93. The average molecular weight is 234 g/mol. The second kappa shape index (κ2) is 5.19. The molecule has 0 bridgehead atoms. The van der Waals surface area contributed by atoms with Crippen molar-refractivity contribution in [2.75, 3.05) is 31.1 Å². The first kappa shape index (κ1) is 11.9. The van der Waals surface area contributed by atoms with Gasteiger partial charge in [0, 0.05) is 31.9 Å². The molecule has 1 heterocycles. The minimum Gasteiger partial charge on any atom is -0.481 e. The molecule has 1 aromatic carbocycles. The molecular formula is C13H18N2O2. The van der Waals surface area contributed by atoms with Crippen LogP contribution in [0.2, 0.25) is 0 Å². The van der Waals surface area contributed by atoms with Crippen LogP contribution >= 0.6 is 0 Å². The fourth-order valence-corrected chi connectivity index (χ4v) is 2.26. The summed E-state index contributed by atoms with van der Waals surface area (Å²) in [5, 5.41) is 12.1. The average Bonchev–Trinajstić information content (AvgIpc) is 2.29. The molecule has 92 valence electrons. The lowest BCUT2D eigenvalue weighted by Crippen LogP contribution is -2.43. The molecule has 17 heavy (non-hydrogen) atoms. The van der Waals surface area contributed by atoms with Crippen LogP contribution in [-0.4, -0.2) is 37.3 Å². The van der Waals surface area contributed by atoms with Crippen LogP contribution in [0.25, 0.3) is 0 Å². The van der Waals surface area contributed by atoms with Crippen molar-refractivity contribution in [3.8, 4) is 0 Å². The molecule has 0 amide bonds. The molecule has 0 unspecified atom stereocenters. The Morgan fingerprint density at radius 2 is 2.12 bits per heavy atom. The number of nitrogens with zero attached hydrogens (tertiary/aromatic N) is 1. The van der Waals surface area contributed by atoms with Crippen LogP contribution in [0.5, 0.6) is 0 Å². The Morgan fingerprint density at radius 3 is 2.71 bits per heavy atom. The summed E-state index contributed by atoms with van der Waals surface area (Å²) in [6.45, 7) is 6.09. The summed E-state index contributed by atoms with van der Waals surface area (Å²) in [5.74, 6) is -0.778. The zero-order valence-corrected chi connectivity index (χ0v) is 10.1. The Bertz CT molecular complexity index is 412. The number of piperazine rings is 1. The number of hydrogen-bond donors (Lipinski definition) is 2. The van der Waals surface area contributed by atoms with E-state index >= 15 is 0 Å². The fourth-order valence-electron chi connectivity index (χ4n) is 2.26. The highest BCUT2D eigenvalue weighted by atomic mass is 16.4. The van der Waals surface area contributed by atoms with E-state index < -0.39 is 5.97 Å². The summed E-state index contributed by atoms with van der Waals surface area (Å²) < 4.78 is 0. The molecule has 1 aliphatic rings. The number of aryl methyl sites for hydroxylation is 1. The molecule has 2 rings (SSSR count). The lowest BCUT2D eigenvalue weighted by Gasteiger charge is -2.30. The van der Waals surface area contributed by atoms with Gasteiger partial charge < -0.3 is 15.3 Å². The maximum atomic E-state index is 10.6. The second-order valence-electron chi connectivity index (χ2n) is 4.43. The van der Waals surface area contributed by atoms with Gasteiger partial charge in [0.15, 0.2) is 0 Å². The number of nitrogens with one attached hydrogen (secondary N) is 1. The first-order chi connectivity index (χ1) is 8.16. The second-order valence-corrected chi connectivity index (χ2v) is 4.43. The molecule has 0 aliphatic carbocycles. The van der Waals surface area contributed by atoms with Crippen LogP contribution in [0.3, 0.4) is 0 Å². The zero-order valence-electron chi connectivity index (χ0n) is 10.1. The van der Waals surface area contributed by atoms with Gasteiger partial charge in [0.2, 0.25) is 0 Å². The van der Waals surface area contributed by atoms with Crippen molar-refractivity contribution >= 4 is 11.7 Å². The number of carboxylic acids is 1. The number of carboxylic acid groups (broad SMARTS) is 1. The van der Waals surface area contributed by atoms with Crippen molar-refractivity contribution in [3.05, 3.63) is 29.3 Å². The van der Waals surface area contributed by atoms with Crippen molar-refractivity contribution in [1.82, 2.24) is 5.32 Å². The summed E-state index contributed by atoms with van der Waals surface area (Å²) in [4.78, 5) is 13.0. The molecule has 2 N–H and O–H groups in total. The number of anilines is 1. The number of hydrogen-bond acceptors (Lipinski definition) is 3. The summed E-state index contributed by atoms with van der Waals surface area (Å²) in [5.41, 5.74) is 3.25. The smallest absolute Gasteiger partial charge is 0.307 e. The molecule has 4 heteroatoms. The minimum absolute atomic E-state index is 0.0999.